The van der Waals surface area contributed by atoms with Gasteiger partial charge in [0.05, 0.1) is 5.69 Å². The lowest BCUT2D eigenvalue weighted by Crippen LogP contribution is -2.39. The van der Waals surface area contributed by atoms with Gasteiger partial charge in [-0.25, -0.2) is 14.2 Å². The predicted octanol–water partition coefficient (Wildman–Crippen LogP) is 3.17. The van der Waals surface area contributed by atoms with Crippen LogP contribution in [-0.2, 0) is 6.42 Å². The second kappa shape index (κ2) is 7.70. The molecule has 0 atom stereocenters. The highest BCUT2D eigenvalue weighted by atomic mass is 16.2. The number of fused-ring (bicyclic) bond motifs is 2. The van der Waals surface area contributed by atoms with Gasteiger partial charge < -0.3 is 5.32 Å². The Balaban J connectivity index is 1.61. The van der Waals surface area contributed by atoms with Gasteiger partial charge in [0.2, 0.25) is 0 Å². The van der Waals surface area contributed by atoms with Gasteiger partial charge in [0.25, 0.3) is 11.5 Å². The number of nitrogens with one attached hydrogen (secondary N) is 2. The molecule has 1 amide bonds. The summed E-state index contributed by atoms with van der Waals surface area (Å²) in [6, 6.07) is 13.5. The number of pyridine rings is 1. The average Bonchev–Trinajstić information content (AvgIpc) is 3.25. The highest BCUT2D eigenvalue weighted by Crippen LogP contribution is 2.35. The summed E-state index contributed by atoms with van der Waals surface area (Å²) in [4.78, 5) is 43.3. The minimum Gasteiger partial charge on any atom is -0.317 e. The summed E-state index contributed by atoms with van der Waals surface area (Å²) in [5.41, 5.74) is 4.32. The van der Waals surface area contributed by atoms with E-state index < -0.39 is 11.5 Å². The molecule has 166 valence electrons. The Morgan fingerprint density at radius 3 is 2.64 bits per heavy atom. The molecule has 0 spiro atoms. The Morgan fingerprint density at radius 2 is 1.85 bits per heavy atom. The molecule has 3 heterocycles. The zero-order valence-electron chi connectivity index (χ0n) is 18.2. The molecule has 2 N–H and O–H groups in total. The summed E-state index contributed by atoms with van der Waals surface area (Å²) in [6.07, 6.45) is 4.18. The van der Waals surface area contributed by atoms with Crippen LogP contribution in [0.5, 0.6) is 0 Å². The first kappa shape index (κ1) is 20.6. The lowest BCUT2D eigenvalue weighted by atomic mass is 9.75. The second-order valence-electron chi connectivity index (χ2n) is 8.88. The van der Waals surface area contributed by atoms with Crippen LogP contribution in [0.4, 0.5) is 11.5 Å². The smallest absolute Gasteiger partial charge is 0.293 e. The van der Waals surface area contributed by atoms with Gasteiger partial charge in [-0.05, 0) is 42.2 Å². The summed E-state index contributed by atoms with van der Waals surface area (Å²) in [5, 5.41) is 7.09. The first-order chi connectivity index (χ1) is 15.8. The van der Waals surface area contributed by atoms with E-state index in [1.54, 1.807) is 59.4 Å². The summed E-state index contributed by atoms with van der Waals surface area (Å²) >= 11 is 0. The van der Waals surface area contributed by atoms with Gasteiger partial charge in [-0.15, -0.1) is 5.10 Å². The topological polar surface area (TPSA) is 110 Å². The quantitative estimate of drug-likeness (QED) is 0.502. The van der Waals surface area contributed by atoms with Crippen molar-refractivity contribution in [1.29, 1.82) is 0 Å². The van der Waals surface area contributed by atoms with E-state index in [-0.39, 0.29) is 16.9 Å². The fraction of sp³-hybridized carbons (Fsp3) is 0.208. The van der Waals surface area contributed by atoms with Gasteiger partial charge in [-0.3, -0.25) is 19.8 Å². The molecule has 0 aliphatic heterocycles. The van der Waals surface area contributed by atoms with E-state index >= 15 is 0 Å². The highest BCUT2D eigenvalue weighted by Gasteiger charge is 2.34. The zero-order chi connectivity index (χ0) is 23.2. The number of imidazole rings is 1. The zero-order valence-corrected chi connectivity index (χ0v) is 18.2. The number of carbonyl (C=O) groups is 2. The van der Waals surface area contributed by atoms with Gasteiger partial charge in [-0.2, -0.15) is 0 Å². The SMILES string of the molecule is CC1(C)CC(=O)c2cc(NC(=O)c3ccccc3)c(=O)n(Nc3ccc4nccn4n3)c2C1. The molecule has 0 saturated heterocycles. The maximum absolute atomic E-state index is 13.5. The van der Waals surface area contributed by atoms with Gasteiger partial charge in [0.15, 0.2) is 17.2 Å². The molecule has 0 saturated carbocycles. The first-order valence-electron chi connectivity index (χ1n) is 10.6. The Morgan fingerprint density at radius 1 is 1.06 bits per heavy atom. The standard InChI is InChI=1S/C24H22N6O3/c1-24(2)13-18-16(19(31)14-24)12-17(26-22(32)15-6-4-3-5-7-15)23(33)30(18)28-20-8-9-21-25-10-11-29(21)27-20/h3-12H,13-14H2,1-2H3,(H,26,32)(H,27,28). The second-order valence-corrected chi connectivity index (χ2v) is 8.88. The van der Waals surface area contributed by atoms with E-state index in [1.165, 1.54) is 10.7 Å². The van der Waals surface area contributed by atoms with Crippen molar-refractivity contribution in [2.45, 2.75) is 26.7 Å². The van der Waals surface area contributed by atoms with Gasteiger partial charge >= 0.3 is 0 Å². The molecule has 5 rings (SSSR count). The van der Waals surface area contributed by atoms with Crippen molar-refractivity contribution in [2.75, 3.05) is 10.7 Å². The van der Waals surface area contributed by atoms with Crippen LogP contribution in [0, 0.1) is 5.41 Å². The van der Waals surface area contributed by atoms with Crippen LogP contribution >= 0.6 is 0 Å². The fourth-order valence-corrected chi connectivity index (χ4v) is 4.10. The average molecular weight is 442 g/mol. The predicted molar refractivity (Wildman–Crippen MR) is 124 cm³/mol. The van der Waals surface area contributed by atoms with Gasteiger partial charge in [0, 0.05) is 29.9 Å². The molecule has 9 heteroatoms. The minimum atomic E-state index is -0.476. The maximum Gasteiger partial charge on any atom is 0.293 e. The number of aromatic nitrogens is 4. The lowest BCUT2D eigenvalue weighted by Gasteiger charge is -2.32. The first-order valence-corrected chi connectivity index (χ1v) is 10.6. The number of benzene rings is 1. The number of carbonyl (C=O) groups excluding carboxylic acids is 2. The number of Topliss-reactive ketones (excluding diaryl/α,β-unsaturated/α-hetero) is 1. The molecule has 0 radical (unpaired) electrons. The van der Waals surface area contributed by atoms with Gasteiger partial charge in [-0.1, -0.05) is 32.0 Å². The largest absolute Gasteiger partial charge is 0.317 e. The molecule has 0 unspecified atom stereocenters. The molecule has 1 aliphatic rings. The minimum absolute atomic E-state index is 0.0202. The normalized spacial score (nSPS) is 14.7. The van der Waals surface area contributed by atoms with Crippen LogP contribution in [0.15, 0.2) is 65.7 Å². The van der Waals surface area contributed by atoms with Crippen LogP contribution in [0.1, 0.15) is 46.7 Å². The van der Waals surface area contributed by atoms with Crippen LogP contribution in [0.3, 0.4) is 0 Å². The van der Waals surface area contributed by atoms with E-state index in [2.05, 4.69) is 20.8 Å². The molecular formula is C24H22N6O3. The monoisotopic (exact) mass is 442 g/mol. The molecule has 9 nitrogen and oxygen atoms in total. The molecule has 1 aliphatic carbocycles. The molecule has 0 bridgehead atoms. The third kappa shape index (κ3) is 3.89. The Bertz CT molecular complexity index is 1450. The van der Waals surface area contributed by atoms with E-state index in [4.69, 9.17) is 0 Å². The van der Waals surface area contributed by atoms with Crippen LogP contribution in [0.2, 0.25) is 0 Å². The molecule has 0 fully saturated rings. The number of amides is 1. The van der Waals surface area contributed by atoms with Gasteiger partial charge in [0.1, 0.15) is 5.69 Å². The van der Waals surface area contributed by atoms with E-state index in [0.717, 1.165) is 0 Å². The molecule has 33 heavy (non-hydrogen) atoms. The van der Waals surface area contributed by atoms with Crippen molar-refractivity contribution in [3.8, 4) is 0 Å². The number of nitrogens with zero attached hydrogens (tertiary/aromatic N) is 4. The molecule has 3 aromatic heterocycles. The lowest BCUT2D eigenvalue weighted by molar-refractivity contribution is 0.0907. The molecule has 1 aromatic carbocycles. The van der Waals surface area contributed by atoms with Crippen molar-refractivity contribution in [1.82, 2.24) is 19.3 Å². The third-order valence-electron chi connectivity index (χ3n) is 5.65. The van der Waals surface area contributed by atoms with Crippen molar-refractivity contribution in [3.05, 3.63) is 88.1 Å². The molecular weight excluding hydrogens is 420 g/mol. The van der Waals surface area contributed by atoms with E-state index in [9.17, 15) is 14.4 Å². The molecule has 4 aromatic rings. The maximum atomic E-state index is 13.5. The Labute approximate surface area is 189 Å². The fourth-order valence-electron chi connectivity index (χ4n) is 4.10. The van der Waals surface area contributed by atoms with Crippen molar-refractivity contribution >= 4 is 28.8 Å². The third-order valence-corrected chi connectivity index (χ3v) is 5.65. The van der Waals surface area contributed by atoms with Crippen LogP contribution in [0.25, 0.3) is 5.65 Å². The number of ketones is 1. The van der Waals surface area contributed by atoms with Crippen LogP contribution < -0.4 is 16.3 Å². The summed E-state index contributed by atoms with van der Waals surface area (Å²) in [7, 11) is 0. The Hall–Kier alpha value is -4.27. The number of rotatable bonds is 4. The number of hydrogen-bond donors (Lipinski definition) is 2. The van der Waals surface area contributed by atoms with E-state index in [0.29, 0.717) is 41.1 Å². The Kier molecular flexibility index (Phi) is 4.81. The summed E-state index contributed by atoms with van der Waals surface area (Å²) < 4.78 is 2.90. The van der Waals surface area contributed by atoms with E-state index in [1.807, 2.05) is 13.8 Å². The van der Waals surface area contributed by atoms with Crippen molar-refractivity contribution < 1.29 is 9.59 Å². The summed E-state index contributed by atoms with van der Waals surface area (Å²) in [6.45, 7) is 3.98. The van der Waals surface area contributed by atoms with Crippen molar-refractivity contribution in [3.63, 3.8) is 0 Å². The number of hydrogen-bond acceptors (Lipinski definition) is 6. The highest BCUT2D eigenvalue weighted by molar-refractivity contribution is 6.05. The number of anilines is 2. The van der Waals surface area contributed by atoms with Crippen LogP contribution in [-0.4, -0.2) is 31.0 Å². The van der Waals surface area contributed by atoms with Crippen molar-refractivity contribution in [2.24, 2.45) is 5.41 Å². The summed E-state index contributed by atoms with van der Waals surface area (Å²) in [5.74, 6) is -0.113.